The zero-order valence-corrected chi connectivity index (χ0v) is 20.4. The van der Waals surface area contributed by atoms with Crippen molar-refractivity contribution in [2.45, 2.75) is 39.3 Å². The molecule has 3 heterocycles. The van der Waals surface area contributed by atoms with Gasteiger partial charge in [0.2, 0.25) is 0 Å². The first-order valence-electron chi connectivity index (χ1n) is 10.2. The summed E-state index contributed by atoms with van der Waals surface area (Å²) in [5, 5.41) is 0. The number of amides is 3. The summed E-state index contributed by atoms with van der Waals surface area (Å²) in [7, 11) is 3.18. The average molecular weight is 481 g/mol. The predicted molar refractivity (Wildman–Crippen MR) is 130 cm³/mol. The Kier molecular flexibility index (Phi) is 4.74. The van der Waals surface area contributed by atoms with Gasteiger partial charge in [-0.25, -0.2) is 4.90 Å². The molecule has 32 heavy (non-hydrogen) atoms. The summed E-state index contributed by atoms with van der Waals surface area (Å²) in [6.45, 7) is 7.89. The zero-order valence-electron chi connectivity index (χ0n) is 18.0. The molecule has 0 spiro atoms. The maximum atomic E-state index is 13.6. The SMILES string of the molecule is Cc1ccc2c(c1)-c1c(ssc1=S)C(C)(C)N2C(C)C(=O)N1C(=O)c2ccccc2C1=O. The number of carbonyl (C=O) groups excluding carboxylic acids is 3. The van der Waals surface area contributed by atoms with Crippen LogP contribution in [0.4, 0.5) is 5.69 Å². The Morgan fingerprint density at radius 2 is 1.62 bits per heavy atom. The number of carbonyl (C=O) groups is 3. The fourth-order valence-corrected chi connectivity index (χ4v) is 8.03. The van der Waals surface area contributed by atoms with Gasteiger partial charge in [0.25, 0.3) is 17.7 Å². The van der Waals surface area contributed by atoms with Gasteiger partial charge >= 0.3 is 0 Å². The first kappa shape index (κ1) is 21.2. The highest BCUT2D eigenvalue weighted by Gasteiger charge is 2.48. The van der Waals surface area contributed by atoms with Crippen LogP contribution in [0.1, 0.15) is 51.9 Å². The van der Waals surface area contributed by atoms with Gasteiger partial charge in [-0.1, -0.05) is 56.7 Å². The number of rotatable bonds is 2. The highest BCUT2D eigenvalue weighted by atomic mass is 32.9. The third-order valence-electron chi connectivity index (χ3n) is 6.23. The van der Waals surface area contributed by atoms with Crippen LogP contribution in [-0.4, -0.2) is 28.7 Å². The Morgan fingerprint density at radius 3 is 2.25 bits per heavy atom. The Balaban J connectivity index is 1.62. The van der Waals surface area contributed by atoms with Gasteiger partial charge in [0.05, 0.1) is 21.5 Å². The van der Waals surface area contributed by atoms with Crippen LogP contribution in [0.25, 0.3) is 11.1 Å². The Bertz CT molecular complexity index is 1350. The Labute approximate surface area is 198 Å². The smallest absolute Gasteiger partial charge is 0.268 e. The minimum atomic E-state index is -0.748. The van der Waals surface area contributed by atoms with Gasteiger partial charge in [-0.3, -0.25) is 14.4 Å². The molecular weight excluding hydrogens is 460 g/mol. The summed E-state index contributed by atoms with van der Waals surface area (Å²) in [6.07, 6.45) is 0. The van der Waals surface area contributed by atoms with Gasteiger partial charge in [-0.05, 0) is 52.0 Å². The third kappa shape index (κ3) is 2.79. The number of anilines is 1. The average Bonchev–Trinajstić information content (AvgIpc) is 3.27. The lowest BCUT2D eigenvalue weighted by atomic mass is 9.85. The van der Waals surface area contributed by atoms with Crippen LogP contribution in [-0.2, 0) is 10.3 Å². The number of hydrogen-bond acceptors (Lipinski definition) is 7. The molecule has 3 aromatic rings. The molecular formula is C24H20N2O3S3. The molecule has 0 fully saturated rings. The molecule has 8 heteroatoms. The molecule has 5 nitrogen and oxygen atoms in total. The largest absolute Gasteiger partial charge is 0.349 e. The molecule has 0 N–H and O–H groups in total. The number of imide groups is 3. The summed E-state index contributed by atoms with van der Waals surface area (Å²) in [5.41, 5.74) is 4.00. The van der Waals surface area contributed by atoms with Crippen LogP contribution in [0.5, 0.6) is 0 Å². The van der Waals surface area contributed by atoms with E-state index in [2.05, 4.69) is 19.9 Å². The lowest BCUT2D eigenvalue weighted by molar-refractivity contribution is -0.127. The van der Waals surface area contributed by atoms with E-state index >= 15 is 0 Å². The molecule has 162 valence electrons. The van der Waals surface area contributed by atoms with Crippen LogP contribution < -0.4 is 4.90 Å². The normalized spacial score (nSPS) is 17.1. The van der Waals surface area contributed by atoms with E-state index in [-0.39, 0.29) is 11.1 Å². The van der Waals surface area contributed by atoms with Gasteiger partial charge < -0.3 is 4.90 Å². The topological polar surface area (TPSA) is 57.7 Å². The molecule has 1 aromatic heterocycles. The van der Waals surface area contributed by atoms with E-state index in [9.17, 15) is 14.4 Å². The zero-order chi connectivity index (χ0) is 22.9. The third-order valence-corrected chi connectivity index (χ3v) is 9.56. The van der Waals surface area contributed by atoms with Crippen molar-refractivity contribution in [1.29, 1.82) is 0 Å². The molecule has 0 saturated heterocycles. The summed E-state index contributed by atoms with van der Waals surface area (Å²) < 4.78 is 0.837. The Hall–Kier alpha value is -2.68. The van der Waals surface area contributed by atoms with Crippen molar-refractivity contribution in [2.75, 3.05) is 4.90 Å². The van der Waals surface area contributed by atoms with Crippen molar-refractivity contribution in [3.63, 3.8) is 0 Å². The van der Waals surface area contributed by atoms with Crippen molar-refractivity contribution in [3.05, 3.63) is 67.9 Å². The molecule has 1 unspecified atom stereocenters. The number of aryl methyl sites for hydroxylation is 1. The van der Waals surface area contributed by atoms with Crippen LogP contribution in [0, 0.1) is 10.7 Å². The minimum absolute atomic E-state index is 0.269. The molecule has 2 aliphatic rings. The summed E-state index contributed by atoms with van der Waals surface area (Å²) in [5.74, 6) is -1.65. The summed E-state index contributed by atoms with van der Waals surface area (Å²) >= 11 is 5.65. The fourth-order valence-electron chi connectivity index (χ4n) is 4.75. The standard InChI is InChI=1S/C24H20N2O3S3/c1-12-9-10-17-16(11-12)18-19(31-32-23(18)30)24(3,4)26(17)13(2)20(27)25-21(28)14-7-5-6-8-15(14)22(25)29/h5-11,13H,1-4H3. The predicted octanol–water partition coefficient (Wildman–Crippen LogP) is 5.78. The first-order chi connectivity index (χ1) is 15.1. The second-order valence-electron chi connectivity index (χ2n) is 8.61. The van der Waals surface area contributed by atoms with Crippen LogP contribution >= 0.6 is 32.9 Å². The molecule has 0 aliphatic carbocycles. The number of fused-ring (bicyclic) bond motifs is 4. The second kappa shape index (κ2) is 7.16. The number of benzene rings is 2. The maximum Gasteiger partial charge on any atom is 0.268 e. The van der Waals surface area contributed by atoms with Gasteiger partial charge in [-0.2, -0.15) is 0 Å². The lowest BCUT2D eigenvalue weighted by Gasteiger charge is -2.47. The van der Waals surface area contributed by atoms with E-state index in [4.69, 9.17) is 12.2 Å². The molecule has 0 radical (unpaired) electrons. The van der Waals surface area contributed by atoms with Crippen molar-refractivity contribution >= 4 is 56.3 Å². The van der Waals surface area contributed by atoms with E-state index in [0.29, 0.717) is 0 Å². The lowest BCUT2D eigenvalue weighted by Crippen LogP contribution is -2.56. The molecule has 3 amide bonds. The highest BCUT2D eigenvalue weighted by Crippen LogP contribution is 2.53. The van der Waals surface area contributed by atoms with Crippen molar-refractivity contribution in [1.82, 2.24) is 4.90 Å². The van der Waals surface area contributed by atoms with E-state index in [1.54, 1.807) is 51.9 Å². The van der Waals surface area contributed by atoms with Crippen molar-refractivity contribution in [2.24, 2.45) is 0 Å². The van der Waals surface area contributed by atoms with E-state index in [1.807, 2.05) is 24.0 Å². The monoisotopic (exact) mass is 480 g/mol. The molecule has 2 aliphatic heterocycles. The van der Waals surface area contributed by atoms with Crippen LogP contribution in [0.15, 0.2) is 42.5 Å². The highest BCUT2D eigenvalue weighted by molar-refractivity contribution is 7.80. The van der Waals surface area contributed by atoms with Crippen molar-refractivity contribution < 1.29 is 14.4 Å². The molecule has 1 atom stereocenters. The molecule has 0 saturated carbocycles. The first-order valence-corrected chi connectivity index (χ1v) is 12.8. The van der Waals surface area contributed by atoms with Crippen LogP contribution in [0.2, 0.25) is 0 Å². The number of nitrogens with zero attached hydrogens (tertiary/aromatic N) is 2. The van der Waals surface area contributed by atoms with E-state index < -0.39 is 29.3 Å². The summed E-state index contributed by atoms with van der Waals surface area (Å²) in [6, 6.07) is 11.9. The van der Waals surface area contributed by atoms with Gasteiger partial charge in [-0.15, -0.1) is 0 Å². The van der Waals surface area contributed by atoms with Gasteiger partial charge in [0, 0.05) is 16.8 Å². The molecule has 0 bridgehead atoms. The molecule has 5 rings (SSSR count). The van der Waals surface area contributed by atoms with E-state index in [0.717, 1.165) is 36.0 Å². The van der Waals surface area contributed by atoms with Crippen LogP contribution in [0.3, 0.4) is 0 Å². The van der Waals surface area contributed by atoms with Gasteiger partial charge in [0.15, 0.2) is 0 Å². The second-order valence-corrected chi connectivity index (χ2v) is 11.4. The quantitative estimate of drug-likeness (QED) is 0.264. The van der Waals surface area contributed by atoms with Crippen molar-refractivity contribution in [3.8, 4) is 11.1 Å². The molecule has 2 aromatic carbocycles. The minimum Gasteiger partial charge on any atom is -0.349 e. The van der Waals surface area contributed by atoms with E-state index in [1.165, 1.54) is 0 Å². The Morgan fingerprint density at radius 1 is 1.00 bits per heavy atom. The maximum absolute atomic E-state index is 13.6. The summed E-state index contributed by atoms with van der Waals surface area (Å²) in [4.78, 5) is 43.4. The fraction of sp³-hybridized carbons (Fsp3) is 0.250. The van der Waals surface area contributed by atoms with Gasteiger partial charge in [0.1, 0.15) is 9.87 Å². The number of hydrogen-bond donors (Lipinski definition) is 0.